The van der Waals surface area contributed by atoms with Crippen molar-refractivity contribution in [2.24, 2.45) is 5.92 Å². The van der Waals surface area contributed by atoms with Crippen LogP contribution in [0.3, 0.4) is 0 Å². The van der Waals surface area contributed by atoms with Gasteiger partial charge in [-0.25, -0.2) is 4.98 Å². The molecule has 15 heteroatoms. The Balaban J connectivity index is 1.38. The zero-order valence-electron chi connectivity index (χ0n) is 27.8. The smallest absolute Gasteiger partial charge is 0.488 e. The molecule has 2 aromatic heterocycles. The Morgan fingerprint density at radius 3 is 2.18 bits per heavy atom. The van der Waals surface area contributed by atoms with E-state index in [9.17, 15) is 19.0 Å². The number of methoxy groups -OCH3 is 2. The first kappa shape index (κ1) is 34.9. The minimum absolute atomic E-state index is 0.0188. The molecule has 0 bridgehead atoms. The number of imidazole rings is 1. The summed E-state index contributed by atoms with van der Waals surface area (Å²) in [5.74, 6) is 0.573. The number of benzene rings is 3. The number of rotatable bonds is 13. The number of nitrogens with one attached hydrogen (secondary N) is 2. The normalized spacial score (nSPS) is 18.0. The van der Waals surface area contributed by atoms with Crippen molar-refractivity contribution in [1.29, 1.82) is 0 Å². The monoisotopic (exact) mass is 701 g/mol. The van der Waals surface area contributed by atoms with E-state index in [2.05, 4.69) is 20.3 Å². The van der Waals surface area contributed by atoms with Crippen molar-refractivity contribution in [2.45, 2.75) is 44.3 Å². The molecule has 1 aliphatic rings. The van der Waals surface area contributed by atoms with Gasteiger partial charge in [0.2, 0.25) is 11.9 Å². The first-order chi connectivity index (χ1) is 24.1. The predicted molar refractivity (Wildman–Crippen MR) is 181 cm³/mol. The third kappa shape index (κ3) is 7.02. The van der Waals surface area contributed by atoms with Crippen LogP contribution in [0.4, 0.5) is 5.95 Å². The summed E-state index contributed by atoms with van der Waals surface area (Å²) in [6.07, 6.45) is -1.25. The van der Waals surface area contributed by atoms with Gasteiger partial charge >= 0.3 is 8.25 Å². The highest BCUT2D eigenvalue weighted by Gasteiger charge is 2.45. The lowest BCUT2D eigenvalue weighted by Crippen LogP contribution is -2.38. The Bertz CT molecular complexity index is 1970. The lowest BCUT2D eigenvalue weighted by molar-refractivity contribution is -0.192. The van der Waals surface area contributed by atoms with Gasteiger partial charge in [-0.05, 0) is 45.5 Å². The lowest BCUT2D eigenvalue weighted by Gasteiger charge is -2.37. The maximum atomic E-state index is 12.8. The molecule has 4 atom stereocenters. The van der Waals surface area contributed by atoms with Crippen molar-refractivity contribution >= 4 is 31.3 Å². The number of aromatic nitrogens is 4. The number of carbonyl (C=O) groups is 1. The second-order valence-electron chi connectivity index (χ2n) is 11.9. The van der Waals surface area contributed by atoms with Crippen LogP contribution in [0.2, 0.25) is 0 Å². The standard InChI is InChI=1S/C35H36N5O9P/c1-21(2)32(41)38-34-37-31-30(33(42)39-34)36-20-40(31)29-18-27(49-50(43)44)28(48-29)19-47-35(22-8-6-5-7-9-22,23-10-14-25(45-3)15-11-23)24-12-16-26(46-4)17-13-24/h5-17,20-21,27-29H,18-19H2,1-4H3,(H2,37,38,39,41,42)/t27-,28-,29-/m1/s1. The molecule has 0 radical (unpaired) electrons. The molecule has 260 valence electrons. The number of carbonyl (C=O) groups excluding carboxylic acids is 1. The minimum atomic E-state index is -3.26. The van der Waals surface area contributed by atoms with Crippen LogP contribution < -0.4 is 25.2 Å². The van der Waals surface area contributed by atoms with Crippen molar-refractivity contribution in [3.8, 4) is 11.5 Å². The highest BCUT2D eigenvalue weighted by molar-refractivity contribution is 7.30. The van der Waals surface area contributed by atoms with Crippen molar-refractivity contribution in [2.75, 3.05) is 26.1 Å². The fraction of sp³-hybridized carbons (Fsp3) is 0.314. The molecule has 50 heavy (non-hydrogen) atoms. The zero-order valence-corrected chi connectivity index (χ0v) is 28.7. The quantitative estimate of drug-likeness (QED) is 0.131. The SMILES string of the molecule is COc1ccc(C(OC[C@H]2O[C@@H](n3cnc4c(=O)[nH]c(NC(=O)C(C)C)nc43)C[C@H]2O[P+](=O)[O-])(c2ccccc2)c2ccc(OC)cc2)cc1. The Kier molecular flexibility index (Phi) is 10.4. The zero-order chi connectivity index (χ0) is 35.4. The van der Waals surface area contributed by atoms with Crippen LogP contribution in [0.25, 0.3) is 11.2 Å². The summed E-state index contributed by atoms with van der Waals surface area (Å²) in [6.45, 7) is 3.30. The van der Waals surface area contributed by atoms with Gasteiger partial charge in [0.05, 0.1) is 27.2 Å². The largest absolute Gasteiger partial charge is 0.566 e. The molecule has 14 nitrogen and oxygen atoms in total. The molecule has 1 unspecified atom stereocenters. The molecule has 1 aliphatic heterocycles. The van der Waals surface area contributed by atoms with Crippen molar-refractivity contribution in [1.82, 2.24) is 19.5 Å². The maximum absolute atomic E-state index is 12.8. The number of nitrogens with zero attached hydrogens (tertiary/aromatic N) is 3. The molecule has 1 fully saturated rings. The third-order valence-electron chi connectivity index (χ3n) is 8.55. The fourth-order valence-electron chi connectivity index (χ4n) is 5.98. The number of hydrogen-bond donors (Lipinski definition) is 2. The van der Waals surface area contributed by atoms with Crippen LogP contribution in [-0.2, 0) is 29.0 Å². The van der Waals surface area contributed by atoms with E-state index in [1.807, 2.05) is 78.9 Å². The average Bonchev–Trinajstić information content (AvgIpc) is 3.73. The summed E-state index contributed by atoms with van der Waals surface area (Å²) < 4.78 is 43.1. The summed E-state index contributed by atoms with van der Waals surface area (Å²) >= 11 is 0. The van der Waals surface area contributed by atoms with E-state index in [1.165, 1.54) is 10.9 Å². The molecule has 6 rings (SSSR count). The number of amides is 1. The van der Waals surface area contributed by atoms with Gasteiger partial charge < -0.3 is 23.8 Å². The Hall–Kier alpha value is -4.98. The molecule has 0 saturated carbocycles. The van der Waals surface area contributed by atoms with Gasteiger partial charge in [-0.1, -0.05) is 68.4 Å². The summed E-state index contributed by atoms with van der Waals surface area (Å²) in [7, 11) is -0.0855. The van der Waals surface area contributed by atoms with E-state index < -0.39 is 37.9 Å². The Morgan fingerprint density at radius 2 is 1.62 bits per heavy atom. The molecule has 0 aliphatic carbocycles. The Labute approximate surface area is 288 Å². The first-order valence-electron chi connectivity index (χ1n) is 15.9. The molecular formula is C35H36N5O9P. The minimum Gasteiger partial charge on any atom is -0.566 e. The van der Waals surface area contributed by atoms with E-state index in [1.54, 1.807) is 28.1 Å². The summed E-state index contributed by atoms with van der Waals surface area (Å²) in [4.78, 5) is 48.3. The number of hydrogen-bond acceptors (Lipinski definition) is 11. The summed E-state index contributed by atoms with van der Waals surface area (Å²) in [6, 6.07) is 24.6. The number of aromatic amines is 1. The van der Waals surface area contributed by atoms with E-state index in [-0.39, 0.29) is 42.0 Å². The van der Waals surface area contributed by atoms with Crippen molar-refractivity contribution in [3.63, 3.8) is 0 Å². The summed E-state index contributed by atoms with van der Waals surface area (Å²) in [5.41, 5.74) is 0.745. The molecular weight excluding hydrogens is 665 g/mol. The molecule has 0 spiro atoms. The number of fused-ring (bicyclic) bond motifs is 1. The lowest BCUT2D eigenvalue weighted by atomic mass is 9.80. The first-order valence-corrected chi connectivity index (χ1v) is 16.9. The predicted octanol–water partition coefficient (Wildman–Crippen LogP) is 4.43. The second kappa shape index (κ2) is 14.9. The van der Waals surface area contributed by atoms with Crippen LogP contribution in [0, 0.1) is 5.92 Å². The van der Waals surface area contributed by atoms with Crippen LogP contribution in [0.15, 0.2) is 90.0 Å². The molecule has 1 amide bonds. The van der Waals surface area contributed by atoms with Gasteiger partial charge in [0, 0.05) is 12.3 Å². The molecule has 1 saturated heterocycles. The summed E-state index contributed by atoms with van der Waals surface area (Å²) in [5, 5.41) is 2.60. The van der Waals surface area contributed by atoms with E-state index in [0.717, 1.165) is 16.7 Å². The molecule has 3 heterocycles. The third-order valence-corrected chi connectivity index (χ3v) is 8.99. The van der Waals surface area contributed by atoms with Crippen LogP contribution >= 0.6 is 8.25 Å². The van der Waals surface area contributed by atoms with Gasteiger partial charge in [0.15, 0.2) is 11.2 Å². The fourth-order valence-corrected chi connectivity index (χ4v) is 6.42. The second-order valence-corrected chi connectivity index (χ2v) is 12.6. The van der Waals surface area contributed by atoms with Crippen LogP contribution in [0.1, 0.15) is 43.2 Å². The number of ether oxygens (including phenoxy) is 4. The van der Waals surface area contributed by atoms with Crippen molar-refractivity contribution in [3.05, 3.63) is 112 Å². The number of H-pyrrole nitrogens is 1. The Morgan fingerprint density at radius 1 is 1.02 bits per heavy atom. The highest BCUT2D eigenvalue weighted by atomic mass is 31.1. The maximum Gasteiger partial charge on any atom is 0.488 e. The molecule has 2 N–H and O–H groups in total. The molecule has 3 aromatic carbocycles. The van der Waals surface area contributed by atoms with Gasteiger partial charge in [-0.15, -0.1) is 4.52 Å². The van der Waals surface area contributed by atoms with Crippen molar-refractivity contribution < 1.29 is 37.7 Å². The number of anilines is 1. The van der Waals surface area contributed by atoms with Gasteiger partial charge in [-0.3, -0.25) is 24.5 Å². The van der Waals surface area contributed by atoms with E-state index in [0.29, 0.717) is 11.5 Å². The average molecular weight is 702 g/mol. The highest BCUT2D eigenvalue weighted by Crippen LogP contribution is 2.43. The topological polar surface area (TPSA) is 179 Å². The van der Waals surface area contributed by atoms with E-state index in [4.69, 9.17) is 23.5 Å². The van der Waals surface area contributed by atoms with Gasteiger partial charge in [0.1, 0.15) is 35.5 Å². The van der Waals surface area contributed by atoms with Gasteiger partial charge in [0.25, 0.3) is 5.56 Å². The van der Waals surface area contributed by atoms with Crippen LogP contribution in [0.5, 0.6) is 11.5 Å². The van der Waals surface area contributed by atoms with Gasteiger partial charge in [-0.2, -0.15) is 4.98 Å². The van der Waals surface area contributed by atoms with Crippen LogP contribution in [-0.4, -0.2) is 58.5 Å². The molecule has 5 aromatic rings. The van der Waals surface area contributed by atoms with E-state index >= 15 is 0 Å².